The average Bonchev–Trinajstić information content (AvgIpc) is 2.72. The Hall–Kier alpha value is -2.92. The van der Waals surface area contributed by atoms with Crippen molar-refractivity contribution in [2.75, 3.05) is 5.75 Å². The Morgan fingerprint density at radius 1 is 1.03 bits per heavy atom. The van der Waals surface area contributed by atoms with E-state index < -0.39 is 47.6 Å². The minimum absolute atomic E-state index is 0.0157. The second kappa shape index (κ2) is 10.8. The maximum absolute atomic E-state index is 13.4. The Kier molecular flexibility index (Phi) is 8.09. The number of esters is 3. The Balaban J connectivity index is 1.86. The number of halogens is 2. The summed E-state index contributed by atoms with van der Waals surface area (Å²) in [5.41, 5.74) is 0.0164. The summed E-state index contributed by atoms with van der Waals surface area (Å²) in [5.74, 6) is -2.15. The highest BCUT2D eigenvalue weighted by Gasteiger charge is 2.47. The molecule has 4 atom stereocenters. The van der Waals surface area contributed by atoms with Gasteiger partial charge >= 0.3 is 17.9 Å². The van der Waals surface area contributed by atoms with E-state index in [4.69, 9.17) is 30.5 Å². The summed E-state index contributed by atoms with van der Waals surface area (Å²) < 4.78 is 35.3. The first-order valence-electron chi connectivity index (χ1n) is 9.72. The van der Waals surface area contributed by atoms with Gasteiger partial charge in [0.15, 0.2) is 34.7 Å². The van der Waals surface area contributed by atoms with Crippen molar-refractivity contribution in [2.24, 2.45) is 0 Å². The summed E-state index contributed by atoms with van der Waals surface area (Å²) in [5, 5.41) is -0.0157. The van der Waals surface area contributed by atoms with Gasteiger partial charge in [-0.1, -0.05) is 11.6 Å². The molecular weight excluding hydrogens is 479 g/mol. The lowest BCUT2D eigenvalue weighted by atomic mass is 10.1. The lowest BCUT2D eigenvalue weighted by Crippen LogP contribution is -2.55. The smallest absolute Gasteiger partial charge is 0.303 e. The van der Waals surface area contributed by atoms with Crippen molar-refractivity contribution in [2.45, 2.75) is 44.5 Å². The van der Waals surface area contributed by atoms with Gasteiger partial charge in [-0.25, -0.2) is 9.97 Å². The lowest BCUT2D eigenvalue weighted by Gasteiger charge is -2.39. The van der Waals surface area contributed by atoms with Crippen LogP contribution in [0.15, 0.2) is 30.5 Å². The number of pyridine rings is 2. The van der Waals surface area contributed by atoms with Crippen molar-refractivity contribution in [3.8, 4) is 17.0 Å². The van der Waals surface area contributed by atoms with Gasteiger partial charge in [-0.15, -0.1) is 11.8 Å². The predicted octanol–water partition coefficient (Wildman–Crippen LogP) is 3.18. The van der Waals surface area contributed by atoms with Crippen LogP contribution in [0.3, 0.4) is 0 Å². The van der Waals surface area contributed by atoms with E-state index in [1.807, 2.05) is 0 Å². The zero-order chi connectivity index (χ0) is 24.1. The first-order valence-corrected chi connectivity index (χ1v) is 11.1. The van der Waals surface area contributed by atoms with Crippen molar-refractivity contribution < 1.29 is 37.7 Å². The molecule has 12 heteroatoms. The van der Waals surface area contributed by atoms with E-state index in [0.29, 0.717) is 11.3 Å². The Bertz CT molecular complexity index is 1060. The van der Waals surface area contributed by atoms with Crippen LogP contribution in [0, 0.1) is 5.95 Å². The number of nitrogens with zero attached hydrogens (tertiary/aromatic N) is 2. The number of carbonyl (C=O) groups is 3. The van der Waals surface area contributed by atoms with Crippen LogP contribution in [0.2, 0.25) is 5.15 Å². The molecule has 0 bridgehead atoms. The van der Waals surface area contributed by atoms with Gasteiger partial charge in [-0.3, -0.25) is 14.4 Å². The summed E-state index contributed by atoms with van der Waals surface area (Å²) >= 11 is 7.48. The van der Waals surface area contributed by atoms with Crippen molar-refractivity contribution in [3.63, 3.8) is 0 Å². The molecule has 0 spiro atoms. The van der Waals surface area contributed by atoms with Crippen LogP contribution in [-0.2, 0) is 28.6 Å². The topological polar surface area (TPSA) is 114 Å². The number of hydrogen-bond donors (Lipinski definition) is 0. The molecule has 1 saturated heterocycles. The fourth-order valence-electron chi connectivity index (χ4n) is 3.17. The summed E-state index contributed by atoms with van der Waals surface area (Å²) in [4.78, 5) is 42.7. The predicted molar refractivity (Wildman–Crippen MR) is 116 cm³/mol. The fraction of sp³-hybridized carbons (Fsp3) is 0.381. The van der Waals surface area contributed by atoms with Crippen molar-refractivity contribution in [1.82, 2.24) is 9.97 Å². The van der Waals surface area contributed by atoms with E-state index >= 15 is 0 Å². The van der Waals surface area contributed by atoms with Gasteiger partial charge in [0.2, 0.25) is 5.95 Å². The molecule has 0 unspecified atom stereocenters. The van der Waals surface area contributed by atoms with Gasteiger partial charge in [0, 0.05) is 44.4 Å². The molecule has 3 rings (SSSR count). The highest BCUT2D eigenvalue weighted by molar-refractivity contribution is 7.99. The SMILES string of the molecule is CC(=O)O[C@@H]1[C@@H](OC(C)=O)[C@@H](Oc2ccc(-c3ccnc(F)c3)nc2Cl)SC[C@H]1OC(C)=O. The number of ether oxygens (including phenoxy) is 4. The zero-order valence-electron chi connectivity index (χ0n) is 17.8. The quantitative estimate of drug-likeness (QED) is 0.334. The molecule has 0 N–H and O–H groups in total. The maximum Gasteiger partial charge on any atom is 0.303 e. The third-order valence-electron chi connectivity index (χ3n) is 4.38. The van der Waals surface area contributed by atoms with Gasteiger partial charge in [-0.2, -0.15) is 4.39 Å². The molecule has 1 aliphatic rings. The van der Waals surface area contributed by atoms with E-state index in [2.05, 4.69) is 9.97 Å². The van der Waals surface area contributed by atoms with E-state index in [1.165, 1.54) is 50.9 Å². The van der Waals surface area contributed by atoms with E-state index in [-0.39, 0.29) is 16.7 Å². The lowest BCUT2D eigenvalue weighted by molar-refractivity contribution is -0.186. The van der Waals surface area contributed by atoms with E-state index in [1.54, 1.807) is 12.1 Å². The van der Waals surface area contributed by atoms with Gasteiger partial charge < -0.3 is 18.9 Å². The summed E-state index contributed by atoms with van der Waals surface area (Å²) in [6, 6.07) is 5.91. The van der Waals surface area contributed by atoms with Crippen LogP contribution in [-0.4, -0.2) is 57.4 Å². The largest absolute Gasteiger partial charge is 0.472 e. The molecule has 9 nitrogen and oxygen atoms in total. The Morgan fingerprint density at radius 2 is 1.70 bits per heavy atom. The zero-order valence-corrected chi connectivity index (χ0v) is 19.4. The molecule has 176 valence electrons. The highest BCUT2D eigenvalue weighted by Crippen LogP contribution is 2.36. The number of rotatable bonds is 6. The Morgan fingerprint density at radius 3 is 2.30 bits per heavy atom. The van der Waals surface area contributed by atoms with Crippen LogP contribution in [0.1, 0.15) is 20.8 Å². The number of thioether (sulfide) groups is 1. The summed E-state index contributed by atoms with van der Waals surface area (Å²) in [6.07, 6.45) is -1.73. The van der Waals surface area contributed by atoms with Crippen LogP contribution < -0.4 is 4.74 Å². The molecule has 33 heavy (non-hydrogen) atoms. The first kappa shape index (κ1) is 24.7. The second-order valence-electron chi connectivity index (χ2n) is 6.97. The molecular formula is C21H20ClFN2O7S. The van der Waals surface area contributed by atoms with Crippen molar-refractivity contribution >= 4 is 41.3 Å². The average molecular weight is 499 g/mol. The first-order chi connectivity index (χ1) is 15.6. The normalized spacial score (nSPS) is 22.2. The van der Waals surface area contributed by atoms with Gasteiger partial charge in [-0.05, 0) is 18.2 Å². The van der Waals surface area contributed by atoms with E-state index in [9.17, 15) is 18.8 Å². The number of carbonyl (C=O) groups excluding carboxylic acids is 3. The van der Waals surface area contributed by atoms with Crippen molar-refractivity contribution in [1.29, 1.82) is 0 Å². The fourth-order valence-corrected chi connectivity index (χ4v) is 4.57. The van der Waals surface area contributed by atoms with Crippen molar-refractivity contribution in [3.05, 3.63) is 41.6 Å². The standard InChI is InChI=1S/C21H20ClFN2O7S/c1-10(26)29-16-9-33-21(19(31-12(3)28)18(16)30-11(2)27)32-15-5-4-14(25-20(15)22)13-6-7-24-17(23)8-13/h4-8,16,18-19,21H,9H2,1-3H3/t16-,18+,19-,21+/m1/s1. The maximum atomic E-state index is 13.4. The van der Waals surface area contributed by atoms with Gasteiger partial charge in [0.1, 0.15) is 0 Å². The molecule has 2 aromatic heterocycles. The van der Waals surface area contributed by atoms with Crippen LogP contribution in [0.5, 0.6) is 5.75 Å². The highest BCUT2D eigenvalue weighted by atomic mass is 35.5. The molecule has 3 heterocycles. The molecule has 0 radical (unpaired) electrons. The number of hydrogen-bond acceptors (Lipinski definition) is 10. The Labute approximate surface area is 197 Å². The third-order valence-corrected chi connectivity index (χ3v) is 5.87. The monoisotopic (exact) mass is 498 g/mol. The molecule has 0 aromatic carbocycles. The van der Waals surface area contributed by atoms with Crippen LogP contribution in [0.4, 0.5) is 4.39 Å². The molecule has 2 aromatic rings. The molecule has 0 aliphatic carbocycles. The summed E-state index contributed by atoms with van der Waals surface area (Å²) in [6.45, 7) is 3.61. The molecule has 1 fully saturated rings. The summed E-state index contributed by atoms with van der Waals surface area (Å²) in [7, 11) is 0. The molecule has 1 aliphatic heterocycles. The minimum atomic E-state index is -1.10. The van der Waals surface area contributed by atoms with Gasteiger partial charge in [0.25, 0.3) is 0 Å². The van der Waals surface area contributed by atoms with Crippen LogP contribution in [0.25, 0.3) is 11.3 Å². The van der Waals surface area contributed by atoms with Crippen LogP contribution >= 0.6 is 23.4 Å². The second-order valence-corrected chi connectivity index (χ2v) is 8.46. The van der Waals surface area contributed by atoms with E-state index in [0.717, 1.165) is 0 Å². The third kappa shape index (κ3) is 6.55. The number of aromatic nitrogens is 2. The van der Waals surface area contributed by atoms with Gasteiger partial charge in [0.05, 0.1) is 5.69 Å². The minimum Gasteiger partial charge on any atom is -0.472 e. The molecule has 0 amide bonds. The molecule has 0 saturated carbocycles.